The van der Waals surface area contributed by atoms with E-state index in [4.69, 9.17) is 5.11 Å². The zero-order valence-corrected chi connectivity index (χ0v) is 11.2. The third kappa shape index (κ3) is 2.81. The molecule has 106 valence electrons. The van der Waals surface area contributed by atoms with Crippen molar-refractivity contribution in [3.8, 4) is 0 Å². The van der Waals surface area contributed by atoms with Crippen LogP contribution in [-0.2, 0) is 9.59 Å². The fraction of sp³-hybridized carbons (Fsp3) is 0.333. The number of nitro benzene ring substituents is 1. The number of hydrogen-bond donors (Lipinski definition) is 1. The summed E-state index contributed by atoms with van der Waals surface area (Å²) in [6.45, 7) is -0.0554. The van der Waals surface area contributed by atoms with Crippen LogP contribution in [-0.4, -0.2) is 39.5 Å². The fourth-order valence-electron chi connectivity index (χ4n) is 1.92. The van der Waals surface area contributed by atoms with E-state index in [1.165, 1.54) is 36.0 Å². The molecule has 7 nitrogen and oxygen atoms in total. The quantitative estimate of drug-likeness (QED) is 0.493. The number of nitro groups is 1. The zero-order valence-electron chi connectivity index (χ0n) is 10.4. The van der Waals surface area contributed by atoms with Gasteiger partial charge in [-0.15, -0.1) is 11.8 Å². The van der Waals surface area contributed by atoms with Crippen LogP contribution in [0.4, 0.5) is 11.4 Å². The molecule has 1 fully saturated rings. The number of amides is 2. The van der Waals surface area contributed by atoms with Gasteiger partial charge in [-0.05, 0) is 12.1 Å². The van der Waals surface area contributed by atoms with E-state index in [1.807, 2.05) is 0 Å². The molecule has 0 unspecified atom stereocenters. The molecule has 1 atom stereocenters. The Morgan fingerprint density at radius 1 is 1.35 bits per heavy atom. The summed E-state index contributed by atoms with van der Waals surface area (Å²) in [7, 11) is 0. The minimum atomic E-state index is -0.544. The first-order chi connectivity index (χ1) is 9.54. The SMILES string of the molecule is O=C1C[C@@H](SCCO)C(=O)N1c1ccc([N+](=O)[O-])cc1. The fourth-order valence-corrected chi connectivity index (χ4v) is 2.82. The van der Waals surface area contributed by atoms with Crippen molar-refractivity contribution in [1.82, 2.24) is 0 Å². The van der Waals surface area contributed by atoms with Crippen molar-refractivity contribution in [2.45, 2.75) is 11.7 Å². The van der Waals surface area contributed by atoms with E-state index in [-0.39, 0.29) is 30.5 Å². The average Bonchev–Trinajstić information content (AvgIpc) is 2.71. The van der Waals surface area contributed by atoms with E-state index < -0.39 is 10.2 Å². The van der Waals surface area contributed by atoms with Crippen LogP contribution >= 0.6 is 11.8 Å². The molecule has 0 radical (unpaired) electrons. The van der Waals surface area contributed by atoms with Gasteiger partial charge < -0.3 is 5.11 Å². The number of aliphatic hydroxyl groups is 1. The number of carbonyl (C=O) groups excluding carboxylic acids is 2. The summed E-state index contributed by atoms with van der Waals surface area (Å²) in [6.07, 6.45) is 0.0838. The Kier molecular flexibility index (Phi) is 4.35. The van der Waals surface area contributed by atoms with Gasteiger partial charge in [0.05, 0.1) is 22.5 Å². The van der Waals surface area contributed by atoms with E-state index in [9.17, 15) is 19.7 Å². The van der Waals surface area contributed by atoms with Crippen molar-refractivity contribution >= 4 is 35.0 Å². The van der Waals surface area contributed by atoms with Gasteiger partial charge in [0.1, 0.15) is 0 Å². The van der Waals surface area contributed by atoms with Gasteiger partial charge in [0.25, 0.3) is 5.69 Å². The lowest BCUT2D eigenvalue weighted by atomic mass is 10.2. The number of imide groups is 1. The Labute approximate surface area is 118 Å². The van der Waals surface area contributed by atoms with Crippen LogP contribution in [0.5, 0.6) is 0 Å². The van der Waals surface area contributed by atoms with Gasteiger partial charge in [-0.25, -0.2) is 4.90 Å². The highest BCUT2D eigenvalue weighted by Crippen LogP contribution is 2.30. The minimum Gasteiger partial charge on any atom is -0.396 e. The second kappa shape index (κ2) is 6.02. The summed E-state index contributed by atoms with van der Waals surface area (Å²) in [5, 5.41) is 18.8. The molecular formula is C12H12N2O5S. The molecule has 0 aromatic heterocycles. The lowest BCUT2D eigenvalue weighted by Gasteiger charge is -2.14. The van der Waals surface area contributed by atoms with Crippen LogP contribution in [0.15, 0.2) is 24.3 Å². The zero-order chi connectivity index (χ0) is 14.7. The summed E-state index contributed by atoms with van der Waals surface area (Å²) in [4.78, 5) is 35.0. The predicted octanol–water partition coefficient (Wildman–Crippen LogP) is 0.952. The van der Waals surface area contributed by atoms with Crippen LogP contribution in [0.2, 0.25) is 0 Å². The highest BCUT2D eigenvalue weighted by Gasteiger charge is 2.39. The standard InChI is InChI=1S/C12H12N2O5S/c15-5-6-20-10-7-11(16)13(12(10)17)8-1-3-9(4-2-8)14(18)19/h1-4,10,15H,5-7H2/t10-/m1/s1. The van der Waals surface area contributed by atoms with E-state index >= 15 is 0 Å². The molecule has 0 bridgehead atoms. The molecule has 1 saturated heterocycles. The van der Waals surface area contributed by atoms with Crippen molar-refractivity contribution in [1.29, 1.82) is 0 Å². The number of carbonyl (C=O) groups is 2. The molecule has 1 aliphatic heterocycles. The molecule has 0 spiro atoms. The van der Waals surface area contributed by atoms with Crippen LogP contribution in [0, 0.1) is 10.1 Å². The maximum atomic E-state index is 12.1. The highest BCUT2D eigenvalue weighted by atomic mass is 32.2. The first-order valence-electron chi connectivity index (χ1n) is 5.88. The lowest BCUT2D eigenvalue weighted by Crippen LogP contribution is -2.31. The Bertz CT molecular complexity index is 545. The molecule has 0 aliphatic carbocycles. The van der Waals surface area contributed by atoms with Crippen LogP contribution in [0.3, 0.4) is 0 Å². The third-order valence-corrected chi connectivity index (χ3v) is 4.02. The second-order valence-electron chi connectivity index (χ2n) is 4.13. The van der Waals surface area contributed by atoms with Crippen LogP contribution in [0.25, 0.3) is 0 Å². The second-order valence-corrected chi connectivity index (χ2v) is 5.44. The van der Waals surface area contributed by atoms with E-state index in [0.717, 1.165) is 4.90 Å². The molecule has 1 heterocycles. The minimum absolute atomic E-state index is 0.0554. The smallest absolute Gasteiger partial charge is 0.269 e. The molecule has 2 amide bonds. The topological polar surface area (TPSA) is 101 Å². The maximum absolute atomic E-state index is 12.1. The van der Waals surface area contributed by atoms with Crippen molar-refractivity contribution in [3.05, 3.63) is 34.4 Å². The number of nitrogens with zero attached hydrogens (tertiary/aromatic N) is 2. The Morgan fingerprint density at radius 2 is 2.00 bits per heavy atom. The van der Waals surface area contributed by atoms with Crippen LogP contribution in [0.1, 0.15) is 6.42 Å². The lowest BCUT2D eigenvalue weighted by molar-refractivity contribution is -0.384. The number of anilines is 1. The van der Waals surface area contributed by atoms with Gasteiger partial charge in [-0.3, -0.25) is 19.7 Å². The molecule has 0 saturated carbocycles. The van der Waals surface area contributed by atoms with Crippen molar-refractivity contribution in [3.63, 3.8) is 0 Å². The van der Waals surface area contributed by atoms with Gasteiger partial charge >= 0.3 is 0 Å². The number of non-ortho nitro benzene ring substituents is 1. The van der Waals surface area contributed by atoms with E-state index in [2.05, 4.69) is 0 Å². The number of benzene rings is 1. The maximum Gasteiger partial charge on any atom is 0.269 e. The van der Waals surface area contributed by atoms with E-state index in [1.54, 1.807) is 0 Å². The Morgan fingerprint density at radius 3 is 2.55 bits per heavy atom. The summed E-state index contributed by atoms with van der Waals surface area (Å²) in [5.74, 6) is -0.292. The summed E-state index contributed by atoms with van der Waals surface area (Å²) in [5.41, 5.74) is 0.233. The highest BCUT2D eigenvalue weighted by molar-refractivity contribution is 8.00. The van der Waals surface area contributed by atoms with E-state index in [0.29, 0.717) is 11.4 Å². The molecular weight excluding hydrogens is 284 g/mol. The molecule has 20 heavy (non-hydrogen) atoms. The van der Waals surface area contributed by atoms with Crippen LogP contribution < -0.4 is 4.90 Å². The molecule has 8 heteroatoms. The van der Waals surface area contributed by atoms with Gasteiger partial charge in [-0.2, -0.15) is 0 Å². The molecule has 1 N–H and O–H groups in total. The Hall–Kier alpha value is -1.93. The summed E-state index contributed by atoms with van der Waals surface area (Å²) >= 11 is 1.23. The Balaban J connectivity index is 2.17. The molecule has 1 aliphatic rings. The molecule has 1 aromatic rings. The number of rotatable bonds is 5. The monoisotopic (exact) mass is 296 g/mol. The van der Waals surface area contributed by atoms with Crippen molar-refractivity contribution in [2.24, 2.45) is 0 Å². The van der Waals surface area contributed by atoms with Gasteiger partial charge in [0, 0.05) is 24.3 Å². The average molecular weight is 296 g/mol. The first-order valence-corrected chi connectivity index (χ1v) is 6.93. The number of aliphatic hydroxyl groups excluding tert-OH is 1. The summed E-state index contributed by atoms with van der Waals surface area (Å²) in [6, 6.07) is 5.27. The normalized spacial score (nSPS) is 18.6. The predicted molar refractivity (Wildman–Crippen MR) is 73.5 cm³/mol. The first kappa shape index (κ1) is 14.5. The van der Waals surface area contributed by atoms with Gasteiger partial charge in [0.2, 0.25) is 11.8 Å². The van der Waals surface area contributed by atoms with Gasteiger partial charge in [0.15, 0.2) is 0 Å². The van der Waals surface area contributed by atoms with Crippen molar-refractivity contribution < 1.29 is 19.6 Å². The largest absolute Gasteiger partial charge is 0.396 e. The molecule has 1 aromatic carbocycles. The number of thioether (sulfide) groups is 1. The summed E-state index contributed by atoms with van der Waals surface area (Å²) < 4.78 is 0. The molecule has 2 rings (SSSR count). The number of hydrogen-bond acceptors (Lipinski definition) is 6. The third-order valence-electron chi connectivity index (χ3n) is 2.83. The van der Waals surface area contributed by atoms with Crippen molar-refractivity contribution in [2.75, 3.05) is 17.3 Å². The van der Waals surface area contributed by atoms with Gasteiger partial charge in [-0.1, -0.05) is 0 Å².